The molecule has 0 aliphatic carbocycles. The second kappa shape index (κ2) is 12.9. The second-order valence-electron chi connectivity index (χ2n) is 12.7. The van der Waals surface area contributed by atoms with Crippen LogP contribution in [0.15, 0.2) is 182 Å². The van der Waals surface area contributed by atoms with Crippen LogP contribution in [0.4, 0.5) is 0 Å². The third kappa shape index (κ3) is 5.22. The summed E-state index contributed by atoms with van der Waals surface area (Å²) in [6.07, 6.45) is 0. The third-order valence-corrected chi connectivity index (χ3v) is 9.73. The van der Waals surface area contributed by atoms with E-state index in [1.165, 1.54) is 0 Å². The van der Waals surface area contributed by atoms with Crippen LogP contribution in [0.5, 0.6) is 11.5 Å². The van der Waals surface area contributed by atoms with Crippen LogP contribution in [0, 0.1) is 11.3 Å². The van der Waals surface area contributed by atoms with Gasteiger partial charge < -0.3 is 4.74 Å². The van der Waals surface area contributed by atoms with E-state index in [1.807, 2.05) is 84.9 Å². The normalized spacial score (nSPS) is 12.5. The first-order valence-electron chi connectivity index (χ1n) is 17.2. The molecule has 8 aromatic rings. The minimum atomic E-state index is -0.665. The predicted molar refractivity (Wildman–Crippen MR) is 205 cm³/mol. The monoisotopic (exact) mass is 666 g/mol. The van der Waals surface area contributed by atoms with Crippen LogP contribution in [-0.2, 0) is 5.41 Å². The van der Waals surface area contributed by atoms with Gasteiger partial charge in [-0.15, -0.1) is 0 Å². The molecule has 9 rings (SSSR count). The van der Waals surface area contributed by atoms with E-state index in [0.717, 1.165) is 55.8 Å². The molecule has 0 saturated heterocycles. The highest BCUT2D eigenvalue weighted by Crippen LogP contribution is 2.57. The summed E-state index contributed by atoms with van der Waals surface area (Å²) >= 11 is 0. The number of nitriles is 1. The Morgan fingerprint density at radius 1 is 0.423 bits per heavy atom. The summed E-state index contributed by atoms with van der Waals surface area (Å²) in [7, 11) is 0. The number of benzene rings is 7. The van der Waals surface area contributed by atoms with E-state index in [9.17, 15) is 5.26 Å². The van der Waals surface area contributed by atoms with E-state index in [4.69, 9.17) is 19.7 Å². The van der Waals surface area contributed by atoms with Crippen molar-refractivity contribution in [3.63, 3.8) is 0 Å². The molecule has 0 N–H and O–H groups in total. The lowest BCUT2D eigenvalue weighted by Crippen LogP contribution is -2.34. The molecule has 52 heavy (non-hydrogen) atoms. The molecule has 1 aliphatic rings. The van der Waals surface area contributed by atoms with Crippen molar-refractivity contribution in [1.82, 2.24) is 15.0 Å². The summed E-state index contributed by atoms with van der Waals surface area (Å²) in [6.45, 7) is 0. The van der Waals surface area contributed by atoms with Crippen LogP contribution in [-0.4, -0.2) is 15.0 Å². The molecule has 0 atom stereocenters. The Hall–Kier alpha value is -7.16. The highest BCUT2D eigenvalue weighted by molar-refractivity contribution is 5.79. The summed E-state index contributed by atoms with van der Waals surface area (Å²) < 4.78 is 6.91. The van der Waals surface area contributed by atoms with Crippen molar-refractivity contribution in [2.75, 3.05) is 0 Å². The fourth-order valence-electron chi connectivity index (χ4n) is 7.29. The SMILES string of the molecule is N#Cc1ccc(-c2ccc(-c3nc(-c4ccccc4)nc(-c4cccc5c4Oc4ccccc4C5(c4ccccc4)c4ccccc4)n3)cc2)cc1. The summed E-state index contributed by atoms with van der Waals surface area (Å²) in [5.74, 6) is 3.14. The summed E-state index contributed by atoms with van der Waals surface area (Å²) in [6, 6.07) is 63.8. The van der Waals surface area contributed by atoms with Gasteiger partial charge in [0.05, 0.1) is 22.6 Å². The van der Waals surface area contributed by atoms with E-state index in [1.54, 1.807) is 0 Å². The fourth-order valence-corrected chi connectivity index (χ4v) is 7.29. The van der Waals surface area contributed by atoms with Crippen molar-refractivity contribution in [3.05, 3.63) is 210 Å². The molecule has 0 radical (unpaired) electrons. The van der Waals surface area contributed by atoms with Crippen LogP contribution < -0.4 is 4.74 Å². The van der Waals surface area contributed by atoms with Crippen LogP contribution in [0.2, 0.25) is 0 Å². The van der Waals surface area contributed by atoms with Crippen molar-refractivity contribution >= 4 is 0 Å². The molecule has 2 heterocycles. The van der Waals surface area contributed by atoms with Crippen molar-refractivity contribution in [2.45, 2.75) is 5.41 Å². The standard InChI is InChI=1S/C47H30N4O/c48-31-32-23-25-33(26-24-32)34-27-29-36(30-28-34)45-49-44(35-13-4-1-5-14-35)50-46(51-45)39-19-12-21-41-43(39)52-42-22-11-10-20-40(42)47(41,37-15-6-2-7-16-37)38-17-8-3-9-18-38/h1-30H. The molecular weight excluding hydrogens is 637 g/mol. The van der Waals surface area contributed by atoms with Crippen molar-refractivity contribution in [3.8, 4) is 62.9 Å². The van der Waals surface area contributed by atoms with Crippen molar-refractivity contribution < 1.29 is 4.74 Å². The molecule has 244 valence electrons. The molecule has 7 aromatic carbocycles. The molecular formula is C47H30N4O. The van der Waals surface area contributed by atoms with Crippen LogP contribution >= 0.6 is 0 Å². The topological polar surface area (TPSA) is 71.7 Å². The minimum Gasteiger partial charge on any atom is -0.456 e. The highest BCUT2D eigenvalue weighted by atomic mass is 16.5. The maximum Gasteiger partial charge on any atom is 0.167 e. The number of hydrogen-bond donors (Lipinski definition) is 0. The third-order valence-electron chi connectivity index (χ3n) is 9.73. The van der Waals surface area contributed by atoms with Gasteiger partial charge in [0.1, 0.15) is 11.5 Å². The first-order valence-corrected chi connectivity index (χ1v) is 17.2. The number of para-hydroxylation sites is 2. The molecule has 0 saturated carbocycles. The van der Waals surface area contributed by atoms with Crippen molar-refractivity contribution in [1.29, 1.82) is 5.26 Å². The summed E-state index contributed by atoms with van der Waals surface area (Å²) in [4.78, 5) is 15.3. The Kier molecular flexibility index (Phi) is 7.68. The number of ether oxygens (including phenoxy) is 1. The molecule has 5 nitrogen and oxygen atoms in total. The Morgan fingerprint density at radius 3 is 1.52 bits per heavy atom. The van der Waals surface area contributed by atoms with Crippen LogP contribution in [0.3, 0.4) is 0 Å². The van der Waals surface area contributed by atoms with Gasteiger partial charge in [-0.05, 0) is 46.5 Å². The first kappa shape index (κ1) is 30.9. The van der Waals surface area contributed by atoms with E-state index >= 15 is 0 Å². The fraction of sp³-hybridized carbons (Fsp3) is 0.0213. The second-order valence-corrected chi connectivity index (χ2v) is 12.7. The number of nitrogens with zero attached hydrogens (tertiary/aromatic N) is 4. The first-order chi connectivity index (χ1) is 25.7. The smallest absolute Gasteiger partial charge is 0.167 e. The maximum absolute atomic E-state index is 9.23. The van der Waals surface area contributed by atoms with Gasteiger partial charge >= 0.3 is 0 Å². The molecule has 0 unspecified atom stereocenters. The van der Waals surface area contributed by atoms with Gasteiger partial charge in [0.2, 0.25) is 0 Å². The zero-order valence-electron chi connectivity index (χ0n) is 28.0. The van der Waals surface area contributed by atoms with Gasteiger partial charge in [-0.25, -0.2) is 15.0 Å². The average Bonchev–Trinajstić information content (AvgIpc) is 3.23. The number of fused-ring (bicyclic) bond motifs is 2. The molecule has 0 bridgehead atoms. The molecule has 1 aliphatic heterocycles. The van der Waals surface area contributed by atoms with E-state index in [0.29, 0.717) is 28.8 Å². The number of aromatic nitrogens is 3. The molecule has 5 heteroatoms. The highest BCUT2D eigenvalue weighted by Gasteiger charge is 2.46. The molecule has 1 aromatic heterocycles. The van der Waals surface area contributed by atoms with Gasteiger partial charge in [0.15, 0.2) is 17.5 Å². The quantitative estimate of drug-likeness (QED) is 0.177. The van der Waals surface area contributed by atoms with E-state index in [2.05, 4.69) is 103 Å². The van der Waals surface area contributed by atoms with Gasteiger partial charge in [-0.1, -0.05) is 158 Å². The molecule has 0 spiro atoms. The zero-order chi connectivity index (χ0) is 34.9. The summed E-state index contributed by atoms with van der Waals surface area (Å²) in [5.41, 5.74) is 8.91. The lowest BCUT2D eigenvalue weighted by atomic mass is 9.63. The minimum absolute atomic E-state index is 0.520. The van der Waals surface area contributed by atoms with Crippen molar-refractivity contribution in [2.24, 2.45) is 0 Å². The summed E-state index contributed by atoms with van der Waals surface area (Å²) in [5, 5.41) is 9.23. The lowest BCUT2D eigenvalue weighted by Gasteiger charge is -2.42. The van der Waals surface area contributed by atoms with Crippen LogP contribution in [0.25, 0.3) is 45.3 Å². The Balaban J connectivity index is 1.25. The van der Waals surface area contributed by atoms with Gasteiger partial charge in [0, 0.05) is 22.3 Å². The lowest BCUT2D eigenvalue weighted by molar-refractivity contribution is 0.436. The Labute approximate surface area is 302 Å². The van der Waals surface area contributed by atoms with E-state index < -0.39 is 5.41 Å². The zero-order valence-corrected chi connectivity index (χ0v) is 28.0. The Morgan fingerprint density at radius 2 is 0.904 bits per heavy atom. The maximum atomic E-state index is 9.23. The van der Waals surface area contributed by atoms with Crippen LogP contribution in [0.1, 0.15) is 27.8 Å². The number of hydrogen-bond acceptors (Lipinski definition) is 5. The van der Waals surface area contributed by atoms with Gasteiger partial charge in [0.25, 0.3) is 0 Å². The van der Waals surface area contributed by atoms with Gasteiger partial charge in [-0.2, -0.15) is 5.26 Å². The van der Waals surface area contributed by atoms with Gasteiger partial charge in [-0.3, -0.25) is 0 Å². The largest absolute Gasteiger partial charge is 0.456 e. The van der Waals surface area contributed by atoms with E-state index in [-0.39, 0.29) is 0 Å². The predicted octanol–water partition coefficient (Wildman–Crippen LogP) is 10.9. The Bertz CT molecular complexity index is 2540. The molecule has 0 amide bonds. The number of rotatable bonds is 6. The molecule has 0 fully saturated rings. The average molecular weight is 667 g/mol.